The molecule has 1 aliphatic rings. The fourth-order valence-electron chi connectivity index (χ4n) is 3.63. The number of rotatable bonds is 11. The van der Waals surface area contributed by atoms with Crippen molar-refractivity contribution in [3.63, 3.8) is 0 Å². The van der Waals surface area contributed by atoms with E-state index in [0.29, 0.717) is 29.3 Å². The third kappa shape index (κ3) is 6.40. The number of anilines is 2. The van der Waals surface area contributed by atoms with Gasteiger partial charge in [0.05, 0.1) is 4.90 Å². The van der Waals surface area contributed by atoms with Gasteiger partial charge in [-0.3, -0.25) is 19.2 Å². The quantitative estimate of drug-likeness (QED) is 0.272. The number of carbonyl (C=O) groups is 2. The minimum Gasteiger partial charge on any atom is -0.385 e. The molecule has 4 rings (SSSR count). The third-order valence-corrected chi connectivity index (χ3v) is 8.04. The predicted octanol–water partition coefficient (Wildman–Crippen LogP) is 4.62. The molecular formula is C27H27N3O5S2. The highest BCUT2D eigenvalue weighted by Gasteiger charge is 2.38. The molecule has 3 aromatic carbocycles. The van der Waals surface area contributed by atoms with Gasteiger partial charge < -0.3 is 10.1 Å². The number of imide groups is 1. The maximum Gasteiger partial charge on any atom is 0.278 e. The molecule has 0 aliphatic carbocycles. The van der Waals surface area contributed by atoms with E-state index in [1.54, 1.807) is 49.6 Å². The summed E-state index contributed by atoms with van der Waals surface area (Å²) in [6.07, 6.45) is 0.528. The summed E-state index contributed by atoms with van der Waals surface area (Å²) in [5.41, 5.74) is 2.37. The predicted molar refractivity (Wildman–Crippen MR) is 145 cm³/mol. The average molecular weight is 538 g/mol. The number of hydrogen-bond donors (Lipinski definition) is 2. The fraction of sp³-hybridized carbons (Fsp3) is 0.185. The average Bonchev–Trinajstić information content (AvgIpc) is 3.11. The monoisotopic (exact) mass is 537 g/mol. The summed E-state index contributed by atoms with van der Waals surface area (Å²) < 4.78 is 32.8. The number of benzene rings is 3. The van der Waals surface area contributed by atoms with Crippen LogP contribution in [0.3, 0.4) is 0 Å². The molecule has 0 atom stereocenters. The Balaban J connectivity index is 1.55. The van der Waals surface area contributed by atoms with Crippen LogP contribution < -0.4 is 10.0 Å². The molecule has 1 aliphatic heterocycles. The molecule has 0 saturated carbocycles. The number of methoxy groups -OCH3 is 1. The minimum absolute atomic E-state index is 0.161. The van der Waals surface area contributed by atoms with Crippen molar-refractivity contribution in [1.29, 1.82) is 0 Å². The third-order valence-electron chi connectivity index (χ3n) is 5.56. The van der Waals surface area contributed by atoms with Gasteiger partial charge in [0.15, 0.2) is 0 Å². The van der Waals surface area contributed by atoms with Gasteiger partial charge in [-0.05, 0) is 61.9 Å². The molecule has 2 N–H and O–H groups in total. The number of carbonyl (C=O) groups excluding carboxylic acids is 2. The van der Waals surface area contributed by atoms with Crippen LogP contribution in [0.4, 0.5) is 11.4 Å². The molecule has 8 nitrogen and oxygen atoms in total. The van der Waals surface area contributed by atoms with Gasteiger partial charge in [-0.25, -0.2) is 8.42 Å². The van der Waals surface area contributed by atoms with Crippen LogP contribution in [0.1, 0.15) is 12.0 Å². The number of hydrogen-bond acceptors (Lipinski definition) is 7. The summed E-state index contributed by atoms with van der Waals surface area (Å²) in [7, 11) is -2.15. The SMILES string of the molecule is COCCCN1C(=O)C(Nc2ccc(C)cc2)=C(Sc2ccc(NS(=O)(=O)c3ccccc3)cc2)C1=O. The zero-order valence-electron chi connectivity index (χ0n) is 20.4. The van der Waals surface area contributed by atoms with Crippen LogP contribution in [-0.2, 0) is 24.3 Å². The molecule has 37 heavy (non-hydrogen) atoms. The van der Waals surface area contributed by atoms with E-state index >= 15 is 0 Å². The van der Waals surface area contributed by atoms with Gasteiger partial charge in [0.2, 0.25) is 0 Å². The van der Waals surface area contributed by atoms with Crippen LogP contribution in [0.5, 0.6) is 0 Å². The zero-order valence-corrected chi connectivity index (χ0v) is 22.1. The molecule has 0 fully saturated rings. The zero-order chi connectivity index (χ0) is 26.4. The summed E-state index contributed by atoms with van der Waals surface area (Å²) in [6, 6.07) is 22.3. The van der Waals surface area contributed by atoms with E-state index in [2.05, 4.69) is 10.0 Å². The number of aryl methyl sites for hydroxylation is 1. The molecule has 0 bridgehead atoms. The van der Waals surface area contributed by atoms with Gasteiger partial charge in [-0.2, -0.15) is 0 Å². The summed E-state index contributed by atoms with van der Waals surface area (Å²) in [5.74, 6) is -0.772. The number of nitrogens with zero attached hydrogens (tertiary/aromatic N) is 1. The second-order valence-electron chi connectivity index (χ2n) is 8.35. The highest BCUT2D eigenvalue weighted by molar-refractivity contribution is 8.04. The van der Waals surface area contributed by atoms with Crippen LogP contribution in [0.25, 0.3) is 0 Å². The van der Waals surface area contributed by atoms with E-state index in [4.69, 9.17) is 4.74 Å². The topological polar surface area (TPSA) is 105 Å². The largest absolute Gasteiger partial charge is 0.385 e. The van der Waals surface area contributed by atoms with E-state index in [1.165, 1.54) is 17.0 Å². The van der Waals surface area contributed by atoms with Crippen LogP contribution in [0, 0.1) is 6.92 Å². The molecule has 10 heteroatoms. The molecule has 192 valence electrons. The normalized spacial score (nSPS) is 13.8. The Kier molecular flexibility index (Phi) is 8.32. The lowest BCUT2D eigenvalue weighted by molar-refractivity contribution is -0.137. The lowest BCUT2D eigenvalue weighted by atomic mass is 10.2. The van der Waals surface area contributed by atoms with Crippen LogP contribution in [0.15, 0.2) is 99.3 Å². The first-order valence-electron chi connectivity index (χ1n) is 11.6. The Morgan fingerprint density at radius 1 is 0.865 bits per heavy atom. The molecule has 1 heterocycles. The van der Waals surface area contributed by atoms with E-state index in [1.807, 2.05) is 31.2 Å². The molecule has 2 amide bonds. The highest BCUT2D eigenvalue weighted by atomic mass is 32.2. The van der Waals surface area contributed by atoms with Gasteiger partial charge in [-0.15, -0.1) is 0 Å². The first-order chi connectivity index (χ1) is 17.8. The van der Waals surface area contributed by atoms with Crippen molar-refractivity contribution in [2.45, 2.75) is 23.1 Å². The number of ether oxygens (including phenoxy) is 1. The lowest BCUT2D eigenvalue weighted by Crippen LogP contribution is -2.33. The van der Waals surface area contributed by atoms with Gasteiger partial charge >= 0.3 is 0 Å². The van der Waals surface area contributed by atoms with E-state index in [9.17, 15) is 18.0 Å². The van der Waals surface area contributed by atoms with E-state index in [-0.39, 0.29) is 27.9 Å². The Labute approximate surface area is 220 Å². The van der Waals surface area contributed by atoms with Crippen LogP contribution in [0.2, 0.25) is 0 Å². The number of sulfonamides is 1. The lowest BCUT2D eigenvalue weighted by Gasteiger charge is -2.14. The Morgan fingerprint density at radius 3 is 2.16 bits per heavy atom. The smallest absolute Gasteiger partial charge is 0.278 e. The maximum absolute atomic E-state index is 13.2. The Morgan fingerprint density at radius 2 is 1.51 bits per heavy atom. The van der Waals surface area contributed by atoms with Crippen molar-refractivity contribution in [3.8, 4) is 0 Å². The van der Waals surface area contributed by atoms with Crippen molar-refractivity contribution < 1.29 is 22.7 Å². The maximum atomic E-state index is 13.2. The Hall–Kier alpha value is -3.60. The van der Waals surface area contributed by atoms with Gasteiger partial charge in [-0.1, -0.05) is 47.7 Å². The molecule has 0 spiro atoms. The summed E-state index contributed by atoms with van der Waals surface area (Å²) in [4.78, 5) is 28.8. The van der Waals surface area contributed by atoms with E-state index < -0.39 is 15.9 Å². The van der Waals surface area contributed by atoms with Gasteiger partial charge in [0.25, 0.3) is 21.8 Å². The number of amides is 2. The van der Waals surface area contributed by atoms with Gasteiger partial charge in [0.1, 0.15) is 10.6 Å². The highest BCUT2D eigenvalue weighted by Crippen LogP contribution is 2.36. The minimum atomic E-state index is -3.72. The molecule has 0 aromatic heterocycles. The Bertz CT molecular complexity index is 1400. The first-order valence-corrected chi connectivity index (χ1v) is 13.9. The van der Waals surface area contributed by atoms with Gasteiger partial charge in [0, 0.05) is 36.5 Å². The van der Waals surface area contributed by atoms with Crippen LogP contribution >= 0.6 is 11.8 Å². The molecule has 3 aromatic rings. The first kappa shape index (κ1) is 26.5. The van der Waals surface area contributed by atoms with Crippen molar-refractivity contribution in [2.75, 3.05) is 30.3 Å². The van der Waals surface area contributed by atoms with Crippen LogP contribution in [-0.4, -0.2) is 45.4 Å². The molecule has 0 unspecified atom stereocenters. The number of thioether (sulfide) groups is 1. The van der Waals surface area contributed by atoms with Crippen molar-refractivity contribution >= 4 is 45.0 Å². The summed E-state index contributed by atoms with van der Waals surface area (Å²) >= 11 is 1.16. The summed E-state index contributed by atoms with van der Waals surface area (Å²) in [5, 5.41) is 3.12. The summed E-state index contributed by atoms with van der Waals surface area (Å²) in [6.45, 7) is 2.64. The van der Waals surface area contributed by atoms with Crippen molar-refractivity contribution in [2.24, 2.45) is 0 Å². The van der Waals surface area contributed by atoms with E-state index in [0.717, 1.165) is 17.3 Å². The molecular weight excluding hydrogens is 510 g/mol. The standard InChI is InChI=1S/C27H27N3O5S2/c1-19-9-11-20(12-10-19)28-24-25(27(32)30(26(24)31)17-6-18-35-2)36-22-15-13-21(14-16-22)29-37(33,34)23-7-4-3-5-8-23/h3-5,7-16,28-29H,6,17-18H2,1-2H3. The van der Waals surface area contributed by atoms with Crippen molar-refractivity contribution in [1.82, 2.24) is 4.90 Å². The fourth-order valence-corrected chi connectivity index (χ4v) is 5.66. The second kappa shape index (κ2) is 11.6. The van der Waals surface area contributed by atoms with Crippen molar-refractivity contribution in [3.05, 3.63) is 95.0 Å². The number of nitrogens with one attached hydrogen (secondary N) is 2. The molecule has 0 radical (unpaired) electrons. The molecule has 0 saturated heterocycles. The second-order valence-corrected chi connectivity index (χ2v) is 11.1.